The molecule has 0 aromatic rings. The highest BCUT2D eigenvalue weighted by molar-refractivity contribution is 9.11. The fourth-order valence-electron chi connectivity index (χ4n) is 0.0619. The van der Waals surface area contributed by atoms with Crippen LogP contribution in [0.15, 0.2) is 10.8 Å². The van der Waals surface area contributed by atoms with Crippen LogP contribution in [-0.2, 0) is 0 Å². The number of hydrogen-bond acceptors (Lipinski definition) is 0. The topological polar surface area (TPSA) is 0 Å². The molecular formula is C3HBrF4. The first-order valence-corrected chi connectivity index (χ1v) is 2.31. The standard InChI is InChI=1S/C3HBrF4/c4-2(1-5)3(6,7)8/h1H. The molecule has 0 saturated heterocycles. The molecule has 0 bridgehead atoms. The van der Waals surface area contributed by atoms with Crippen LogP contribution in [0.4, 0.5) is 17.6 Å². The van der Waals surface area contributed by atoms with Crippen molar-refractivity contribution in [1.82, 2.24) is 0 Å². The summed E-state index contributed by atoms with van der Waals surface area (Å²) in [4.78, 5) is 0. The highest BCUT2D eigenvalue weighted by atomic mass is 79.9. The van der Waals surface area contributed by atoms with E-state index in [2.05, 4.69) is 0 Å². The summed E-state index contributed by atoms with van der Waals surface area (Å²) in [6.45, 7) is 0. The summed E-state index contributed by atoms with van der Waals surface area (Å²) >= 11 is 1.96. The molecule has 0 aliphatic rings. The zero-order chi connectivity index (χ0) is 6.78. The summed E-state index contributed by atoms with van der Waals surface area (Å²) in [6.07, 6.45) is -5.13. The third-order valence-electron chi connectivity index (χ3n) is 0.367. The molecule has 0 fully saturated rings. The van der Waals surface area contributed by atoms with Crippen molar-refractivity contribution >= 4 is 15.9 Å². The van der Waals surface area contributed by atoms with Crippen molar-refractivity contribution in [3.63, 3.8) is 0 Å². The molecule has 0 saturated carbocycles. The number of allylic oxidation sites excluding steroid dienone is 1. The minimum absolute atomic E-state index is 0.542. The lowest BCUT2D eigenvalue weighted by Gasteiger charge is -1.99. The molecule has 0 aromatic carbocycles. The Bertz CT molecular complexity index is 102. The summed E-state index contributed by atoms with van der Waals surface area (Å²) in [7, 11) is 0. The monoisotopic (exact) mass is 192 g/mol. The Kier molecular flexibility index (Phi) is 2.46. The van der Waals surface area contributed by atoms with Crippen LogP contribution in [0.1, 0.15) is 0 Å². The van der Waals surface area contributed by atoms with Gasteiger partial charge in [-0.15, -0.1) is 0 Å². The molecule has 0 spiro atoms. The van der Waals surface area contributed by atoms with E-state index in [1.807, 2.05) is 15.9 Å². The second kappa shape index (κ2) is 2.48. The van der Waals surface area contributed by atoms with Gasteiger partial charge in [-0.25, -0.2) is 4.39 Å². The van der Waals surface area contributed by atoms with E-state index in [0.29, 0.717) is 0 Å². The fraction of sp³-hybridized carbons (Fsp3) is 0.333. The Morgan fingerprint density at radius 2 is 1.75 bits per heavy atom. The van der Waals surface area contributed by atoms with Crippen LogP contribution in [0.5, 0.6) is 0 Å². The average Bonchev–Trinajstić information content (AvgIpc) is 1.62. The Labute approximate surface area is 51.3 Å². The van der Waals surface area contributed by atoms with Crippen molar-refractivity contribution in [2.24, 2.45) is 0 Å². The van der Waals surface area contributed by atoms with Gasteiger partial charge >= 0.3 is 6.18 Å². The normalized spacial score (nSPS) is 14.4. The van der Waals surface area contributed by atoms with Crippen LogP contribution in [0.25, 0.3) is 0 Å². The zero-order valence-corrected chi connectivity index (χ0v) is 5.05. The Morgan fingerprint density at radius 1 is 1.38 bits per heavy atom. The van der Waals surface area contributed by atoms with Crippen molar-refractivity contribution in [3.8, 4) is 0 Å². The van der Waals surface area contributed by atoms with Crippen molar-refractivity contribution < 1.29 is 17.6 Å². The van der Waals surface area contributed by atoms with Crippen LogP contribution in [-0.4, -0.2) is 6.18 Å². The molecule has 0 N–H and O–H groups in total. The lowest BCUT2D eigenvalue weighted by atomic mass is 10.6. The molecule has 0 atom stereocenters. The molecule has 0 radical (unpaired) electrons. The second-order valence-electron chi connectivity index (χ2n) is 0.955. The van der Waals surface area contributed by atoms with Crippen molar-refractivity contribution in [3.05, 3.63) is 10.8 Å². The van der Waals surface area contributed by atoms with E-state index in [4.69, 9.17) is 0 Å². The van der Waals surface area contributed by atoms with Gasteiger partial charge in [0.1, 0.15) is 10.8 Å². The SMILES string of the molecule is FC=C(Br)C(F)(F)F. The molecule has 0 nitrogen and oxygen atoms in total. The summed E-state index contributed by atoms with van der Waals surface area (Å²) in [6, 6.07) is 0. The van der Waals surface area contributed by atoms with Crippen molar-refractivity contribution in [1.29, 1.82) is 0 Å². The lowest BCUT2D eigenvalue weighted by molar-refractivity contribution is -0.0836. The lowest BCUT2D eigenvalue weighted by Crippen LogP contribution is -2.05. The van der Waals surface area contributed by atoms with Gasteiger partial charge in [0.15, 0.2) is 0 Å². The molecule has 0 unspecified atom stereocenters. The highest BCUT2D eigenvalue weighted by Gasteiger charge is 2.31. The highest BCUT2D eigenvalue weighted by Crippen LogP contribution is 2.29. The molecule has 0 heterocycles. The van der Waals surface area contributed by atoms with Gasteiger partial charge in [0.05, 0.1) is 0 Å². The van der Waals surface area contributed by atoms with Crippen LogP contribution in [0.3, 0.4) is 0 Å². The second-order valence-corrected chi connectivity index (χ2v) is 1.81. The van der Waals surface area contributed by atoms with E-state index in [1.54, 1.807) is 0 Å². The van der Waals surface area contributed by atoms with E-state index >= 15 is 0 Å². The molecule has 0 amide bonds. The van der Waals surface area contributed by atoms with Crippen LogP contribution in [0.2, 0.25) is 0 Å². The number of rotatable bonds is 0. The van der Waals surface area contributed by atoms with Crippen LogP contribution < -0.4 is 0 Å². The maximum absolute atomic E-state index is 11.1. The number of halogens is 5. The van der Waals surface area contributed by atoms with E-state index in [0.717, 1.165) is 0 Å². The van der Waals surface area contributed by atoms with Gasteiger partial charge in [-0.05, 0) is 15.9 Å². The first kappa shape index (κ1) is 7.94. The van der Waals surface area contributed by atoms with Crippen LogP contribution in [0, 0.1) is 0 Å². The molecule has 8 heavy (non-hydrogen) atoms. The predicted octanol–water partition coefficient (Wildman–Crippen LogP) is 2.75. The van der Waals surface area contributed by atoms with Gasteiger partial charge in [0, 0.05) is 0 Å². The third kappa shape index (κ3) is 2.30. The molecular weight excluding hydrogens is 192 g/mol. The molecule has 0 rings (SSSR count). The molecule has 0 aliphatic heterocycles. The average molecular weight is 193 g/mol. The van der Waals surface area contributed by atoms with Gasteiger partial charge in [-0.1, -0.05) is 0 Å². The van der Waals surface area contributed by atoms with Crippen LogP contribution >= 0.6 is 15.9 Å². The molecule has 0 aliphatic carbocycles. The minimum atomic E-state index is -4.59. The van der Waals surface area contributed by atoms with Gasteiger partial charge < -0.3 is 0 Å². The summed E-state index contributed by atoms with van der Waals surface area (Å²) in [5.74, 6) is 0. The molecule has 0 aromatic heterocycles. The van der Waals surface area contributed by atoms with E-state index < -0.39 is 17.0 Å². The maximum atomic E-state index is 11.1. The summed E-state index contributed by atoms with van der Waals surface area (Å²) in [5, 5.41) is 0. The largest absolute Gasteiger partial charge is 0.425 e. The summed E-state index contributed by atoms with van der Waals surface area (Å²) in [5.41, 5.74) is 0. The van der Waals surface area contributed by atoms with Gasteiger partial charge in [-0.3, -0.25) is 0 Å². The number of alkyl halides is 3. The summed E-state index contributed by atoms with van der Waals surface area (Å²) < 4.78 is 42.8. The van der Waals surface area contributed by atoms with Gasteiger partial charge in [0.25, 0.3) is 0 Å². The Hall–Kier alpha value is -0.0600. The maximum Gasteiger partial charge on any atom is 0.425 e. The molecule has 5 heteroatoms. The van der Waals surface area contributed by atoms with E-state index in [1.165, 1.54) is 0 Å². The first-order valence-electron chi connectivity index (χ1n) is 1.51. The number of hydrogen-bond donors (Lipinski definition) is 0. The first-order chi connectivity index (χ1) is 3.48. The third-order valence-corrected chi connectivity index (χ3v) is 0.989. The van der Waals surface area contributed by atoms with Gasteiger partial charge in [0.2, 0.25) is 0 Å². The Morgan fingerprint density at radius 3 is 1.75 bits per heavy atom. The fourth-order valence-corrected chi connectivity index (χ4v) is 0.0619. The van der Waals surface area contributed by atoms with E-state index in [-0.39, 0.29) is 0 Å². The smallest absolute Gasteiger partial charge is 0.214 e. The quantitative estimate of drug-likeness (QED) is 0.518. The Balaban J connectivity index is 4.03. The molecule has 48 valence electrons. The zero-order valence-electron chi connectivity index (χ0n) is 3.47. The van der Waals surface area contributed by atoms with Crippen molar-refractivity contribution in [2.75, 3.05) is 0 Å². The van der Waals surface area contributed by atoms with Crippen molar-refractivity contribution in [2.45, 2.75) is 6.18 Å². The van der Waals surface area contributed by atoms with Gasteiger partial charge in [-0.2, -0.15) is 13.2 Å². The minimum Gasteiger partial charge on any atom is -0.214 e. The predicted molar refractivity (Wildman–Crippen MR) is 24.2 cm³/mol. The van der Waals surface area contributed by atoms with E-state index in [9.17, 15) is 17.6 Å².